The number of likely N-dealkylation sites (N-methyl/N-ethyl adjacent to an activating group) is 1. The largest absolute Gasteiger partial charge is 1.00 e. The molecule has 1 fully saturated rings. The summed E-state index contributed by atoms with van der Waals surface area (Å²) in [5.41, 5.74) is 3.32. The maximum atomic E-state index is 11.6. The highest BCUT2D eigenvalue weighted by atomic mass is 35.5. The van der Waals surface area contributed by atoms with Gasteiger partial charge in [0.1, 0.15) is 53.8 Å². The standard InChI is InChI=1S/C18H36O2P.C10H20N2O2.2C8H8.C6H13S.C6H15S.CH4.BF3.2ClH.FH/c1-6-9-13-21(14-10-7-2,15-11-8-3)16-12-20-18(19)17(4)5;1-8(2)10(14)11-6-9(13)7-12(3,4)5;2*1-2-8-6-4-3-5-7-8;1-2-7-5-3-4-6-7;1-4-7(5-2)6-3;;2-1(3)4;;;/h4,6-16H2,1-3,5H3;9,13H,1,6-7H2,2-5H3;2*2-7H,1H2;2-6H2,1H3;4-6H2,1-3H3;1H4;;3*1H/q+1;;;;2*+1;;;;;/p-2. The summed E-state index contributed by atoms with van der Waals surface area (Å²) in [6, 6.07) is 20.1. The van der Waals surface area contributed by atoms with Crippen molar-refractivity contribution >= 4 is 60.6 Å². The molecule has 1 atom stereocenters. The number of carbonyl (C=O) groups is 2. The number of hydrogen-bond donors (Lipinski definition) is 2. The normalized spacial score (nSPS) is 11.4. The molecule has 1 unspecified atom stereocenters. The van der Waals surface area contributed by atoms with Crippen molar-refractivity contribution in [3.63, 3.8) is 0 Å². The number of aliphatic hydroxyl groups excluding tert-OH is 1. The van der Waals surface area contributed by atoms with Crippen LogP contribution >= 0.6 is 7.26 Å². The molecule has 0 aromatic heterocycles. The predicted octanol–water partition coefficient (Wildman–Crippen LogP) is 5.54. The number of halogens is 6. The lowest BCUT2D eigenvalue weighted by molar-refractivity contribution is -0.873. The highest BCUT2D eigenvalue weighted by molar-refractivity contribution is 7.97. The third-order valence-electron chi connectivity index (χ3n) is 10.6. The van der Waals surface area contributed by atoms with Crippen LogP contribution in [0.4, 0.5) is 12.9 Å². The van der Waals surface area contributed by atoms with E-state index in [-0.39, 0.29) is 55.4 Å². The topological polar surface area (TPSA) is 75.6 Å². The van der Waals surface area contributed by atoms with E-state index >= 15 is 0 Å². The number of benzene rings is 2. The van der Waals surface area contributed by atoms with Crippen molar-refractivity contribution in [2.24, 2.45) is 0 Å². The van der Waals surface area contributed by atoms with Gasteiger partial charge in [0.2, 0.25) is 5.91 Å². The quantitative estimate of drug-likeness (QED) is 0.0276. The molecule has 1 amide bonds. The number of quaternary nitrogens is 1. The maximum absolute atomic E-state index is 11.6. The van der Waals surface area contributed by atoms with E-state index in [0.29, 0.717) is 28.8 Å². The zero-order valence-corrected chi connectivity index (χ0v) is 51.0. The van der Waals surface area contributed by atoms with E-state index in [0.717, 1.165) is 28.0 Å². The van der Waals surface area contributed by atoms with Gasteiger partial charge in [0.25, 0.3) is 0 Å². The number of amides is 1. The molecule has 0 saturated carbocycles. The van der Waals surface area contributed by atoms with Gasteiger partial charge in [0.05, 0.1) is 45.8 Å². The van der Waals surface area contributed by atoms with Crippen LogP contribution in [0.15, 0.2) is 98.1 Å². The minimum absolute atomic E-state index is 0. The lowest BCUT2D eigenvalue weighted by Gasteiger charge is -2.27. The minimum atomic E-state index is -3.67. The summed E-state index contributed by atoms with van der Waals surface area (Å²) in [4.78, 5) is 22.6. The number of carbonyl (C=O) groups excluding carboxylic acids is 2. The highest BCUT2D eigenvalue weighted by Gasteiger charge is 2.35. The third-order valence-corrected chi connectivity index (χ3v) is 20.5. The molecule has 0 aliphatic carbocycles. The number of rotatable bonds is 24. The second kappa shape index (κ2) is 59.0. The van der Waals surface area contributed by atoms with Crippen LogP contribution in [-0.2, 0) is 36.1 Å². The Morgan fingerprint density at radius 3 is 1.36 bits per heavy atom. The molecule has 16 heteroatoms. The first kappa shape index (κ1) is 87.4. The van der Waals surface area contributed by atoms with Crippen molar-refractivity contribution in [3.8, 4) is 0 Å². The molecule has 0 radical (unpaired) electrons. The molecular formula is C57H105BCl2F4N2O4PS2+. The monoisotopic (exact) mass is 1130 g/mol. The molecule has 2 N–H and O–H groups in total. The molecule has 2 aromatic rings. The summed E-state index contributed by atoms with van der Waals surface area (Å²) in [6.07, 6.45) is 19.2. The van der Waals surface area contributed by atoms with E-state index in [4.69, 9.17) is 4.74 Å². The van der Waals surface area contributed by atoms with Crippen LogP contribution in [0.3, 0.4) is 0 Å². The Hall–Kier alpha value is -2.25. The summed E-state index contributed by atoms with van der Waals surface area (Å²) >= 11 is 0. The van der Waals surface area contributed by atoms with Crippen molar-refractivity contribution in [3.05, 3.63) is 109 Å². The fourth-order valence-electron chi connectivity index (χ4n) is 6.46. The number of unbranched alkanes of at least 4 members (excludes halogenated alkanes) is 3. The summed E-state index contributed by atoms with van der Waals surface area (Å²) in [5.74, 6) is 8.24. The smallest absolute Gasteiger partial charge is 0.762 e. The first-order valence-corrected chi connectivity index (χ1v) is 31.3. The molecule has 1 heterocycles. The second-order valence-electron chi connectivity index (χ2n) is 17.8. The SMILES string of the molecule is C.C=C(C)C(=O)NCC(O)C[N+](C)(C)C.C=C(C)C(=O)OCC[P+](CCCC)(CCCC)CCCC.C=Cc1ccccc1.C=Cc1ccccc1.CC[S+](CC)CC.CC[S+]1CCCC1.FB(F)F.[Cl-].[Cl-].[F-]. The fourth-order valence-corrected chi connectivity index (χ4v) is 14.5. The van der Waals surface area contributed by atoms with E-state index in [1.165, 1.54) is 115 Å². The molecule has 1 aliphatic rings. The molecule has 3 rings (SSSR count). The Balaban J connectivity index is -0.000000118. The van der Waals surface area contributed by atoms with Crippen molar-refractivity contribution < 1.29 is 66.4 Å². The van der Waals surface area contributed by atoms with Gasteiger partial charge in [-0.15, -0.1) is 0 Å². The Kier molecular flexibility index (Phi) is 70.7. The van der Waals surface area contributed by atoms with Gasteiger partial charge in [0, 0.05) is 25.0 Å². The van der Waals surface area contributed by atoms with E-state index in [1.807, 2.05) is 94.0 Å². The van der Waals surface area contributed by atoms with E-state index in [9.17, 15) is 27.6 Å². The van der Waals surface area contributed by atoms with Crippen LogP contribution in [-0.4, -0.2) is 135 Å². The fraction of sp³-hybridized carbons (Fsp3) is 0.614. The number of nitrogens with zero attached hydrogens (tertiary/aromatic N) is 1. The Labute approximate surface area is 466 Å². The number of nitrogens with one attached hydrogen (secondary N) is 1. The van der Waals surface area contributed by atoms with E-state index in [1.54, 1.807) is 13.8 Å². The van der Waals surface area contributed by atoms with Gasteiger partial charge in [0.15, 0.2) is 0 Å². The highest BCUT2D eigenvalue weighted by Crippen LogP contribution is 2.60. The molecule has 1 saturated heterocycles. The summed E-state index contributed by atoms with van der Waals surface area (Å²) in [6.45, 7) is 35.2. The first-order valence-electron chi connectivity index (χ1n) is 25.3. The Morgan fingerprint density at radius 1 is 0.753 bits per heavy atom. The van der Waals surface area contributed by atoms with Gasteiger partial charge in [-0.2, -0.15) is 0 Å². The Morgan fingerprint density at radius 2 is 1.12 bits per heavy atom. The van der Waals surface area contributed by atoms with Gasteiger partial charge >= 0.3 is 13.5 Å². The molecule has 428 valence electrons. The molecule has 1 aliphatic heterocycles. The van der Waals surface area contributed by atoms with E-state index in [2.05, 4.69) is 80.1 Å². The average Bonchev–Trinajstić information content (AvgIpc) is 3.87. The summed E-state index contributed by atoms with van der Waals surface area (Å²) in [7, 11) is 2.98. The second-order valence-corrected chi connectivity index (χ2v) is 27.8. The summed E-state index contributed by atoms with van der Waals surface area (Å²) in [5, 5.41) is 12.2. The van der Waals surface area contributed by atoms with Crippen LogP contribution in [0.25, 0.3) is 12.2 Å². The van der Waals surface area contributed by atoms with Crippen molar-refractivity contribution in [2.45, 2.75) is 127 Å². The van der Waals surface area contributed by atoms with Crippen LogP contribution in [0.2, 0.25) is 0 Å². The molecule has 6 nitrogen and oxygen atoms in total. The molecule has 73 heavy (non-hydrogen) atoms. The number of hydrogen-bond acceptors (Lipinski definition) is 4. The van der Waals surface area contributed by atoms with Crippen molar-refractivity contribution in [1.29, 1.82) is 0 Å². The molecule has 0 bridgehead atoms. The van der Waals surface area contributed by atoms with Crippen LogP contribution in [0.1, 0.15) is 132 Å². The zero-order chi connectivity index (χ0) is 53.5. The lowest BCUT2D eigenvalue weighted by atomic mass is 10.2. The maximum Gasteiger partial charge on any atom is 0.762 e. The Bertz CT molecular complexity index is 1490. The van der Waals surface area contributed by atoms with Crippen LogP contribution < -0.4 is 34.8 Å². The molecule has 0 spiro atoms. The average molecular weight is 1140 g/mol. The van der Waals surface area contributed by atoms with E-state index < -0.39 is 20.9 Å². The minimum Gasteiger partial charge on any atom is -1.00 e. The molecule has 2 aromatic carbocycles. The number of esters is 1. The number of aliphatic hydroxyl groups is 1. The van der Waals surface area contributed by atoms with Gasteiger partial charge in [-0.3, -0.25) is 17.7 Å². The van der Waals surface area contributed by atoms with Crippen LogP contribution in [0, 0.1) is 0 Å². The van der Waals surface area contributed by atoms with Gasteiger partial charge in [-0.05, 0) is 107 Å². The lowest BCUT2D eigenvalue weighted by Crippen LogP contribution is -3.00. The summed E-state index contributed by atoms with van der Waals surface area (Å²) < 4.78 is 35.1. The van der Waals surface area contributed by atoms with Crippen molar-refractivity contribution in [1.82, 2.24) is 5.32 Å². The third kappa shape index (κ3) is 60.5. The zero-order valence-electron chi connectivity index (χ0n) is 46.9. The molecular weight excluding hydrogens is 1030 g/mol. The van der Waals surface area contributed by atoms with Crippen LogP contribution in [0.5, 0.6) is 0 Å². The van der Waals surface area contributed by atoms with Gasteiger partial charge in [-0.25, -0.2) is 4.79 Å². The first-order chi connectivity index (χ1) is 32.6. The number of ether oxygens (including phenoxy) is 1. The van der Waals surface area contributed by atoms with Crippen molar-refractivity contribution in [2.75, 3.05) is 100 Å². The van der Waals surface area contributed by atoms with Gasteiger partial charge in [-0.1, -0.05) is 147 Å². The predicted molar refractivity (Wildman–Crippen MR) is 318 cm³/mol. The van der Waals surface area contributed by atoms with Gasteiger partial charge < -0.3 is 49.2 Å².